The molecule has 1 rings (SSSR count). The van der Waals surface area contributed by atoms with Crippen molar-refractivity contribution >= 4 is 15.8 Å². The summed E-state index contributed by atoms with van der Waals surface area (Å²) in [5.74, 6) is -0.285. The van der Waals surface area contributed by atoms with Crippen LogP contribution in [0.15, 0.2) is 24.3 Å². The Kier molecular flexibility index (Phi) is 5.82. The molecule has 5 nitrogen and oxygen atoms in total. The second-order valence-electron chi connectivity index (χ2n) is 4.22. The summed E-state index contributed by atoms with van der Waals surface area (Å²) in [5, 5.41) is 8.68. The molecule has 0 bridgehead atoms. The fourth-order valence-corrected chi connectivity index (χ4v) is 2.78. The summed E-state index contributed by atoms with van der Waals surface area (Å²) >= 11 is 0. The fraction of sp³-hybridized carbons (Fsp3) is 0.462. The van der Waals surface area contributed by atoms with E-state index in [0.717, 1.165) is 0 Å². The molecule has 0 saturated carbocycles. The number of ether oxygens (including phenoxy) is 1. The quantitative estimate of drug-likeness (QED) is 0.783. The lowest BCUT2D eigenvalue weighted by molar-refractivity contribution is -0.136. The minimum absolute atomic E-state index is 0.0238. The zero-order valence-electron chi connectivity index (χ0n) is 10.8. The first-order valence-electron chi connectivity index (χ1n) is 6.07. The topological polar surface area (TPSA) is 80.7 Å². The summed E-state index contributed by atoms with van der Waals surface area (Å²) in [5.41, 5.74) is 0.626. The third kappa shape index (κ3) is 6.24. The summed E-state index contributed by atoms with van der Waals surface area (Å²) < 4.78 is 28.3. The molecule has 0 fully saturated rings. The lowest BCUT2D eigenvalue weighted by atomic mass is 10.1. The minimum Gasteiger partial charge on any atom is -0.493 e. The van der Waals surface area contributed by atoms with Gasteiger partial charge in [0.1, 0.15) is 12.4 Å². The van der Waals surface area contributed by atoms with Crippen LogP contribution < -0.4 is 4.74 Å². The van der Waals surface area contributed by atoms with Gasteiger partial charge in [-0.2, -0.15) is 0 Å². The number of benzene rings is 1. The highest BCUT2D eigenvalue weighted by Gasteiger charge is 2.09. The first-order valence-corrected chi connectivity index (χ1v) is 7.89. The van der Waals surface area contributed by atoms with E-state index in [1.54, 1.807) is 24.3 Å². The van der Waals surface area contributed by atoms with Gasteiger partial charge in [0.05, 0.1) is 17.9 Å². The molecular weight excluding hydrogens is 268 g/mol. The van der Waals surface area contributed by atoms with Gasteiger partial charge in [0.2, 0.25) is 0 Å². The van der Waals surface area contributed by atoms with Gasteiger partial charge in [0.25, 0.3) is 0 Å². The lowest BCUT2D eigenvalue weighted by Crippen LogP contribution is -2.16. The number of carbonyl (C=O) groups is 1. The molecule has 0 unspecified atom stereocenters. The molecule has 6 heteroatoms. The van der Waals surface area contributed by atoms with Crippen molar-refractivity contribution in [1.82, 2.24) is 0 Å². The Morgan fingerprint density at radius 1 is 1.32 bits per heavy atom. The predicted molar refractivity (Wildman–Crippen MR) is 72.2 cm³/mol. The maximum Gasteiger partial charge on any atom is 0.307 e. The molecule has 0 aliphatic rings. The number of aliphatic carboxylic acids is 1. The van der Waals surface area contributed by atoms with Crippen LogP contribution in [0.25, 0.3) is 0 Å². The number of carboxylic acid groups (broad SMARTS) is 1. The molecule has 0 spiro atoms. The van der Waals surface area contributed by atoms with E-state index in [4.69, 9.17) is 9.84 Å². The van der Waals surface area contributed by atoms with Crippen molar-refractivity contribution in [1.29, 1.82) is 0 Å². The van der Waals surface area contributed by atoms with Crippen LogP contribution in [-0.4, -0.2) is 37.6 Å². The highest BCUT2D eigenvalue weighted by Crippen LogP contribution is 2.14. The molecule has 0 radical (unpaired) electrons. The van der Waals surface area contributed by atoms with Crippen LogP contribution in [0.4, 0.5) is 0 Å². The maximum absolute atomic E-state index is 11.5. The van der Waals surface area contributed by atoms with Gasteiger partial charge in [0, 0.05) is 0 Å². The highest BCUT2D eigenvalue weighted by molar-refractivity contribution is 7.91. The first-order chi connectivity index (χ1) is 8.93. The van der Waals surface area contributed by atoms with E-state index in [9.17, 15) is 13.2 Å². The van der Waals surface area contributed by atoms with Gasteiger partial charge in [-0.25, -0.2) is 8.42 Å². The number of rotatable bonds is 8. The third-order valence-corrected chi connectivity index (χ3v) is 4.25. The van der Waals surface area contributed by atoms with Crippen LogP contribution in [0, 0.1) is 0 Å². The predicted octanol–water partition coefficient (Wildman–Crippen LogP) is 1.52. The fourth-order valence-electron chi connectivity index (χ4n) is 1.62. The van der Waals surface area contributed by atoms with Crippen LogP contribution in [0.2, 0.25) is 0 Å². The van der Waals surface area contributed by atoms with E-state index < -0.39 is 15.8 Å². The van der Waals surface area contributed by atoms with Gasteiger partial charge < -0.3 is 9.84 Å². The second kappa shape index (κ2) is 7.13. The zero-order chi connectivity index (χ0) is 14.3. The van der Waals surface area contributed by atoms with E-state index in [1.807, 2.05) is 6.92 Å². The first kappa shape index (κ1) is 15.5. The van der Waals surface area contributed by atoms with Crippen LogP contribution in [0.5, 0.6) is 5.75 Å². The van der Waals surface area contributed by atoms with Crippen molar-refractivity contribution in [3.05, 3.63) is 29.8 Å². The van der Waals surface area contributed by atoms with Crippen LogP contribution in [0.1, 0.15) is 18.9 Å². The van der Waals surface area contributed by atoms with E-state index in [2.05, 4.69) is 0 Å². The molecule has 0 aliphatic carbocycles. The van der Waals surface area contributed by atoms with Crippen molar-refractivity contribution < 1.29 is 23.1 Å². The van der Waals surface area contributed by atoms with E-state index in [0.29, 0.717) is 17.7 Å². The molecule has 106 valence electrons. The van der Waals surface area contributed by atoms with Crippen LogP contribution in [-0.2, 0) is 21.1 Å². The third-order valence-electron chi connectivity index (χ3n) is 2.43. The van der Waals surface area contributed by atoms with Gasteiger partial charge in [-0.05, 0) is 24.1 Å². The monoisotopic (exact) mass is 286 g/mol. The average molecular weight is 286 g/mol. The largest absolute Gasteiger partial charge is 0.493 e. The average Bonchev–Trinajstić information content (AvgIpc) is 2.28. The minimum atomic E-state index is -3.05. The number of carboxylic acids is 1. The van der Waals surface area contributed by atoms with Gasteiger partial charge in [-0.3, -0.25) is 4.79 Å². The van der Waals surface area contributed by atoms with Crippen LogP contribution in [0.3, 0.4) is 0 Å². The molecule has 0 aliphatic heterocycles. The molecule has 0 saturated heterocycles. The van der Waals surface area contributed by atoms with E-state index in [1.165, 1.54) is 0 Å². The van der Waals surface area contributed by atoms with Gasteiger partial charge in [-0.15, -0.1) is 0 Å². The summed E-state index contributed by atoms with van der Waals surface area (Å²) in [6, 6.07) is 6.67. The van der Waals surface area contributed by atoms with Crippen molar-refractivity contribution in [2.75, 3.05) is 18.1 Å². The lowest BCUT2D eigenvalue weighted by Gasteiger charge is -2.07. The maximum atomic E-state index is 11.5. The molecule has 0 heterocycles. The molecule has 1 aromatic carbocycles. The zero-order valence-corrected chi connectivity index (χ0v) is 11.6. The van der Waals surface area contributed by atoms with Gasteiger partial charge in [0.15, 0.2) is 9.84 Å². The second-order valence-corrected chi connectivity index (χ2v) is 6.52. The molecule has 1 N–H and O–H groups in total. The standard InChI is InChI=1S/C13H18O5S/c1-2-7-19(16,17)8-6-18-12-5-3-4-11(9-12)10-13(14)15/h3-5,9H,2,6-8,10H2,1H3,(H,14,15). The summed E-state index contributed by atoms with van der Waals surface area (Å²) in [6.45, 7) is 1.90. The van der Waals surface area contributed by atoms with Crippen LogP contribution >= 0.6 is 0 Å². The highest BCUT2D eigenvalue weighted by atomic mass is 32.2. The molecule has 0 aromatic heterocycles. The Morgan fingerprint density at radius 3 is 2.68 bits per heavy atom. The smallest absolute Gasteiger partial charge is 0.307 e. The SMILES string of the molecule is CCCS(=O)(=O)CCOc1cccc(CC(=O)O)c1. The normalized spacial score (nSPS) is 11.2. The molecule has 0 atom stereocenters. The van der Waals surface area contributed by atoms with E-state index >= 15 is 0 Å². The Labute approximate surface area is 113 Å². The molecule has 1 aromatic rings. The Balaban J connectivity index is 2.52. The van der Waals surface area contributed by atoms with Crippen molar-refractivity contribution in [3.8, 4) is 5.75 Å². The molecular formula is C13H18O5S. The number of hydrogen-bond acceptors (Lipinski definition) is 4. The Morgan fingerprint density at radius 2 is 2.05 bits per heavy atom. The number of sulfone groups is 1. The van der Waals surface area contributed by atoms with Gasteiger partial charge in [-0.1, -0.05) is 19.1 Å². The Hall–Kier alpha value is -1.56. The van der Waals surface area contributed by atoms with Crippen molar-refractivity contribution in [3.63, 3.8) is 0 Å². The van der Waals surface area contributed by atoms with Crippen molar-refractivity contribution in [2.24, 2.45) is 0 Å². The molecule has 19 heavy (non-hydrogen) atoms. The number of hydrogen-bond donors (Lipinski definition) is 1. The Bertz CT molecular complexity index is 522. The summed E-state index contributed by atoms with van der Waals surface area (Å²) in [6.07, 6.45) is 0.516. The summed E-state index contributed by atoms with van der Waals surface area (Å²) in [7, 11) is -3.05. The summed E-state index contributed by atoms with van der Waals surface area (Å²) in [4.78, 5) is 10.6. The molecule has 0 amide bonds. The van der Waals surface area contributed by atoms with Crippen molar-refractivity contribution in [2.45, 2.75) is 19.8 Å². The van der Waals surface area contributed by atoms with E-state index in [-0.39, 0.29) is 24.5 Å². The van der Waals surface area contributed by atoms with Gasteiger partial charge >= 0.3 is 5.97 Å².